The van der Waals surface area contributed by atoms with Gasteiger partial charge in [0.1, 0.15) is 0 Å². The Hall–Kier alpha value is -1.50. The molecule has 7 heteroatoms. The number of guanidine groups is 1. The van der Waals surface area contributed by atoms with Crippen molar-refractivity contribution in [2.24, 2.45) is 4.99 Å². The van der Waals surface area contributed by atoms with Gasteiger partial charge in [-0.15, -0.1) is 0 Å². The van der Waals surface area contributed by atoms with E-state index in [9.17, 15) is 4.79 Å². The van der Waals surface area contributed by atoms with E-state index in [1.54, 1.807) is 4.90 Å². The Bertz CT molecular complexity index is 417. The lowest BCUT2D eigenvalue weighted by Crippen LogP contribution is -2.53. The lowest BCUT2D eigenvalue weighted by atomic mass is 10.3. The maximum absolute atomic E-state index is 11.8. The molecular formula is C18H34N4O3. The van der Waals surface area contributed by atoms with Gasteiger partial charge in [-0.2, -0.15) is 0 Å². The molecule has 0 aromatic rings. The summed E-state index contributed by atoms with van der Waals surface area (Å²) in [6, 6.07) is 0. The largest absolute Gasteiger partial charge is 0.450 e. The van der Waals surface area contributed by atoms with Crippen LogP contribution in [0.5, 0.6) is 0 Å². The highest BCUT2D eigenvalue weighted by Crippen LogP contribution is 2.20. The Labute approximate surface area is 151 Å². The van der Waals surface area contributed by atoms with Gasteiger partial charge in [0, 0.05) is 45.9 Å². The van der Waals surface area contributed by atoms with Crippen LogP contribution in [0, 0.1) is 0 Å². The molecule has 2 fully saturated rings. The second-order valence-electron chi connectivity index (χ2n) is 6.54. The van der Waals surface area contributed by atoms with Crippen molar-refractivity contribution < 1.29 is 14.3 Å². The molecule has 2 aliphatic rings. The fourth-order valence-corrected chi connectivity index (χ4v) is 3.30. The predicted molar refractivity (Wildman–Crippen MR) is 99.0 cm³/mol. The predicted octanol–water partition coefficient (Wildman–Crippen LogP) is 2.08. The van der Waals surface area contributed by atoms with E-state index >= 15 is 0 Å². The Morgan fingerprint density at radius 1 is 1.12 bits per heavy atom. The number of rotatable bonds is 7. The van der Waals surface area contributed by atoms with Crippen LogP contribution < -0.4 is 5.32 Å². The van der Waals surface area contributed by atoms with Crippen LogP contribution in [-0.4, -0.2) is 80.4 Å². The Balaban J connectivity index is 1.70. The first-order chi connectivity index (χ1) is 12.2. The first-order valence-electron chi connectivity index (χ1n) is 9.81. The lowest BCUT2D eigenvalue weighted by molar-refractivity contribution is 0.0578. The zero-order valence-electron chi connectivity index (χ0n) is 15.8. The van der Waals surface area contributed by atoms with E-state index in [0.717, 1.165) is 45.2 Å². The van der Waals surface area contributed by atoms with Gasteiger partial charge in [-0.3, -0.25) is 4.99 Å². The SMILES string of the molecule is CCNC(=NCCCOC1CCCC1)N1CCN(C(=O)OCC)CC1. The number of hydrogen-bond acceptors (Lipinski definition) is 4. The molecule has 1 saturated carbocycles. The van der Waals surface area contributed by atoms with E-state index in [0.29, 0.717) is 25.8 Å². The molecule has 144 valence electrons. The van der Waals surface area contributed by atoms with E-state index in [-0.39, 0.29) is 6.09 Å². The zero-order valence-corrected chi connectivity index (χ0v) is 15.8. The Kier molecular flexibility index (Phi) is 8.86. The summed E-state index contributed by atoms with van der Waals surface area (Å²) in [5.41, 5.74) is 0. The van der Waals surface area contributed by atoms with Crippen molar-refractivity contribution in [1.29, 1.82) is 0 Å². The normalized spacial score (nSPS) is 19.4. The van der Waals surface area contributed by atoms with E-state index < -0.39 is 0 Å². The van der Waals surface area contributed by atoms with Gasteiger partial charge in [0.25, 0.3) is 0 Å². The van der Waals surface area contributed by atoms with Gasteiger partial charge < -0.3 is 24.6 Å². The summed E-state index contributed by atoms with van der Waals surface area (Å²) in [5, 5.41) is 3.35. The number of amides is 1. The highest BCUT2D eigenvalue weighted by atomic mass is 16.6. The number of ether oxygens (including phenoxy) is 2. The molecule has 0 aromatic carbocycles. The van der Waals surface area contributed by atoms with E-state index in [2.05, 4.69) is 17.1 Å². The molecule has 1 amide bonds. The lowest BCUT2D eigenvalue weighted by Gasteiger charge is -2.35. The summed E-state index contributed by atoms with van der Waals surface area (Å²) in [4.78, 5) is 20.5. The van der Waals surface area contributed by atoms with Gasteiger partial charge >= 0.3 is 6.09 Å². The van der Waals surface area contributed by atoms with Gasteiger partial charge in [-0.1, -0.05) is 12.8 Å². The summed E-state index contributed by atoms with van der Waals surface area (Å²) >= 11 is 0. The van der Waals surface area contributed by atoms with Gasteiger partial charge in [-0.05, 0) is 33.1 Å². The molecule has 0 atom stereocenters. The summed E-state index contributed by atoms with van der Waals surface area (Å²) in [6.07, 6.45) is 6.28. The monoisotopic (exact) mass is 354 g/mol. The average molecular weight is 354 g/mol. The molecule has 0 aromatic heterocycles. The smallest absolute Gasteiger partial charge is 0.409 e. The van der Waals surface area contributed by atoms with Crippen LogP contribution in [0.4, 0.5) is 4.79 Å². The molecule has 1 N–H and O–H groups in total. The van der Waals surface area contributed by atoms with Gasteiger partial charge in [0.2, 0.25) is 0 Å². The van der Waals surface area contributed by atoms with Crippen molar-refractivity contribution in [2.45, 2.75) is 52.1 Å². The number of nitrogens with one attached hydrogen (secondary N) is 1. The first-order valence-corrected chi connectivity index (χ1v) is 9.81. The number of carbonyl (C=O) groups excluding carboxylic acids is 1. The minimum absolute atomic E-state index is 0.215. The minimum atomic E-state index is -0.215. The number of nitrogens with zero attached hydrogens (tertiary/aromatic N) is 3. The average Bonchev–Trinajstić information content (AvgIpc) is 3.14. The van der Waals surface area contributed by atoms with Crippen LogP contribution in [0.1, 0.15) is 46.0 Å². The van der Waals surface area contributed by atoms with Crippen molar-refractivity contribution in [2.75, 3.05) is 52.5 Å². The summed E-state index contributed by atoms with van der Waals surface area (Å²) < 4.78 is 11.0. The molecule has 2 rings (SSSR count). The molecule has 0 radical (unpaired) electrons. The van der Waals surface area contributed by atoms with Crippen LogP contribution >= 0.6 is 0 Å². The summed E-state index contributed by atoms with van der Waals surface area (Å²) in [6.45, 7) is 9.65. The highest BCUT2D eigenvalue weighted by molar-refractivity contribution is 5.80. The second kappa shape index (κ2) is 11.2. The fraction of sp³-hybridized carbons (Fsp3) is 0.889. The minimum Gasteiger partial charge on any atom is -0.450 e. The first kappa shape index (κ1) is 19.8. The van der Waals surface area contributed by atoms with Crippen LogP contribution in [0.3, 0.4) is 0 Å². The standard InChI is InChI=1S/C18H34N4O3/c1-3-19-17(20-10-7-15-25-16-8-5-6-9-16)21-11-13-22(14-12-21)18(23)24-4-2/h16H,3-15H2,1-2H3,(H,19,20). The topological polar surface area (TPSA) is 66.4 Å². The molecule has 1 aliphatic carbocycles. The zero-order chi connectivity index (χ0) is 17.9. The van der Waals surface area contributed by atoms with Crippen molar-refractivity contribution in [3.05, 3.63) is 0 Å². The maximum atomic E-state index is 11.8. The summed E-state index contributed by atoms with van der Waals surface area (Å²) in [5.74, 6) is 0.937. The number of carbonyl (C=O) groups is 1. The van der Waals surface area contributed by atoms with E-state index in [4.69, 9.17) is 14.5 Å². The second-order valence-corrected chi connectivity index (χ2v) is 6.54. The number of aliphatic imine (C=N–C) groups is 1. The van der Waals surface area contributed by atoms with Crippen molar-refractivity contribution in [3.8, 4) is 0 Å². The number of hydrogen-bond donors (Lipinski definition) is 1. The molecule has 0 unspecified atom stereocenters. The maximum Gasteiger partial charge on any atom is 0.409 e. The van der Waals surface area contributed by atoms with Crippen LogP contribution in [-0.2, 0) is 9.47 Å². The van der Waals surface area contributed by atoms with Crippen molar-refractivity contribution in [1.82, 2.24) is 15.1 Å². The molecule has 0 spiro atoms. The molecule has 7 nitrogen and oxygen atoms in total. The van der Waals surface area contributed by atoms with E-state index in [1.165, 1.54) is 25.7 Å². The highest BCUT2D eigenvalue weighted by Gasteiger charge is 2.23. The molecule has 25 heavy (non-hydrogen) atoms. The third-order valence-corrected chi connectivity index (χ3v) is 4.66. The third-order valence-electron chi connectivity index (χ3n) is 4.66. The molecule has 1 saturated heterocycles. The molecular weight excluding hydrogens is 320 g/mol. The van der Waals surface area contributed by atoms with Gasteiger partial charge in [0.05, 0.1) is 12.7 Å². The van der Waals surface area contributed by atoms with Crippen LogP contribution in [0.15, 0.2) is 4.99 Å². The molecule has 0 bridgehead atoms. The van der Waals surface area contributed by atoms with Crippen LogP contribution in [0.25, 0.3) is 0 Å². The Morgan fingerprint density at radius 3 is 2.44 bits per heavy atom. The fourth-order valence-electron chi connectivity index (χ4n) is 3.30. The van der Waals surface area contributed by atoms with Gasteiger partial charge in [0.15, 0.2) is 5.96 Å². The van der Waals surface area contributed by atoms with Gasteiger partial charge in [-0.25, -0.2) is 4.79 Å². The van der Waals surface area contributed by atoms with Crippen molar-refractivity contribution in [3.63, 3.8) is 0 Å². The quantitative estimate of drug-likeness (QED) is 0.431. The number of piperazine rings is 1. The Morgan fingerprint density at radius 2 is 1.80 bits per heavy atom. The summed E-state index contributed by atoms with van der Waals surface area (Å²) in [7, 11) is 0. The molecule has 1 heterocycles. The van der Waals surface area contributed by atoms with E-state index in [1.807, 2.05) is 6.92 Å². The molecule has 1 aliphatic heterocycles. The van der Waals surface area contributed by atoms with Crippen LogP contribution in [0.2, 0.25) is 0 Å². The third kappa shape index (κ3) is 6.72. The van der Waals surface area contributed by atoms with Crippen molar-refractivity contribution >= 4 is 12.1 Å².